The summed E-state index contributed by atoms with van der Waals surface area (Å²) >= 11 is 12.6. The van der Waals surface area contributed by atoms with Crippen LogP contribution in [0.1, 0.15) is 42.4 Å². The number of nitrogens with one attached hydrogen (secondary N) is 1. The lowest BCUT2D eigenvalue weighted by atomic mass is 10.0. The van der Waals surface area contributed by atoms with E-state index in [0.29, 0.717) is 26.9 Å². The van der Waals surface area contributed by atoms with Crippen LogP contribution in [0, 0.1) is 6.92 Å². The van der Waals surface area contributed by atoms with E-state index in [-0.39, 0.29) is 29.8 Å². The Kier molecular flexibility index (Phi) is 11.0. The first-order valence-electron chi connectivity index (χ1n) is 15.3. The Morgan fingerprint density at radius 3 is 2.11 bits per heavy atom. The number of hydrogen-bond acceptors (Lipinski definition) is 4. The number of carbonyl (C=O) groups is 2. The highest BCUT2D eigenvalue weighted by molar-refractivity contribution is 7.92. The van der Waals surface area contributed by atoms with Gasteiger partial charge < -0.3 is 10.2 Å². The van der Waals surface area contributed by atoms with Crippen LogP contribution in [0.15, 0.2) is 108 Å². The molecule has 0 spiro atoms. The van der Waals surface area contributed by atoms with Gasteiger partial charge in [0.25, 0.3) is 10.0 Å². The third-order valence-electron chi connectivity index (χ3n) is 8.25. The molecular formula is C36H37Cl2N3O4S. The molecule has 46 heavy (non-hydrogen) atoms. The Morgan fingerprint density at radius 1 is 0.826 bits per heavy atom. The first-order chi connectivity index (χ1) is 22.1. The van der Waals surface area contributed by atoms with E-state index in [1.807, 2.05) is 36.4 Å². The molecule has 0 bridgehead atoms. The minimum atomic E-state index is -4.20. The van der Waals surface area contributed by atoms with E-state index in [4.69, 9.17) is 23.2 Å². The van der Waals surface area contributed by atoms with Gasteiger partial charge in [0.15, 0.2) is 0 Å². The molecule has 0 saturated heterocycles. The van der Waals surface area contributed by atoms with Crippen molar-refractivity contribution < 1.29 is 18.0 Å². The highest BCUT2D eigenvalue weighted by atomic mass is 35.5. The van der Waals surface area contributed by atoms with Crippen molar-refractivity contribution in [2.24, 2.45) is 0 Å². The van der Waals surface area contributed by atoms with Crippen molar-refractivity contribution in [2.45, 2.75) is 62.6 Å². The topological polar surface area (TPSA) is 86.8 Å². The Morgan fingerprint density at radius 2 is 1.46 bits per heavy atom. The molecule has 1 fully saturated rings. The van der Waals surface area contributed by atoms with Crippen molar-refractivity contribution in [3.63, 3.8) is 0 Å². The molecule has 2 amide bonds. The third kappa shape index (κ3) is 8.29. The van der Waals surface area contributed by atoms with Gasteiger partial charge in [0.05, 0.1) is 10.6 Å². The maximum atomic E-state index is 14.6. The van der Waals surface area contributed by atoms with Crippen LogP contribution >= 0.6 is 23.2 Å². The van der Waals surface area contributed by atoms with Gasteiger partial charge in [-0.3, -0.25) is 13.9 Å². The predicted molar refractivity (Wildman–Crippen MR) is 183 cm³/mol. The van der Waals surface area contributed by atoms with Gasteiger partial charge in [0.2, 0.25) is 11.8 Å². The van der Waals surface area contributed by atoms with Gasteiger partial charge in [-0.05, 0) is 78.9 Å². The molecule has 4 aromatic rings. The fourth-order valence-corrected chi connectivity index (χ4v) is 7.82. The molecule has 4 aromatic carbocycles. The highest BCUT2D eigenvalue weighted by Gasteiger charge is 2.36. The fourth-order valence-electron chi connectivity index (χ4n) is 5.89. The minimum absolute atomic E-state index is 0.0283. The summed E-state index contributed by atoms with van der Waals surface area (Å²) in [5, 5.41) is 4.12. The highest BCUT2D eigenvalue weighted by Crippen LogP contribution is 2.30. The number of hydrogen-bond donors (Lipinski definition) is 1. The van der Waals surface area contributed by atoms with E-state index >= 15 is 0 Å². The zero-order valence-electron chi connectivity index (χ0n) is 25.6. The van der Waals surface area contributed by atoms with Crippen LogP contribution < -0.4 is 9.62 Å². The lowest BCUT2D eigenvalue weighted by Gasteiger charge is -2.34. The fraction of sp³-hybridized carbons (Fsp3) is 0.278. The molecule has 1 N–H and O–H groups in total. The van der Waals surface area contributed by atoms with Crippen molar-refractivity contribution >= 4 is 50.7 Å². The van der Waals surface area contributed by atoms with Gasteiger partial charge in [-0.2, -0.15) is 0 Å². The molecule has 1 atom stereocenters. The van der Waals surface area contributed by atoms with Crippen LogP contribution in [0.3, 0.4) is 0 Å². The standard InChI is InChI=1S/C36H37Cl2N3O4S/c1-26-21-30(38)19-20-33(26)41(46(44,45)32-17-6-3-7-18-32)25-35(42)40(24-28-13-10-14-29(37)22-28)34(23-27-11-4-2-5-12-27)36(43)39-31-15-8-9-16-31/h2-7,10-14,17-22,31,34H,8-9,15-16,23-25H2,1H3,(H,39,43)/t34-/m1/s1. The summed E-state index contributed by atoms with van der Waals surface area (Å²) in [4.78, 5) is 30.2. The average Bonchev–Trinajstić information content (AvgIpc) is 3.56. The zero-order chi connectivity index (χ0) is 32.7. The molecule has 1 aliphatic carbocycles. The van der Waals surface area contributed by atoms with Gasteiger partial charge >= 0.3 is 0 Å². The quantitative estimate of drug-likeness (QED) is 0.172. The van der Waals surface area contributed by atoms with E-state index in [1.165, 1.54) is 17.0 Å². The van der Waals surface area contributed by atoms with Crippen LogP contribution in [-0.4, -0.2) is 43.8 Å². The van der Waals surface area contributed by atoms with Gasteiger partial charge in [0.1, 0.15) is 12.6 Å². The van der Waals surface area contributed by atoms with Crippen molar-refractivity contribution in [3.05, 3.63) is 130 Å². The molecule has 0 unspecified atom stereocenters. The summed E-state index contributed by atoms with van der Waals surface area (Å²) in [5.74, 6) is -0.803. The number of sulfonamides is 1. The van der Waals surface area contributed by atoms with E-state index in [1.54, 1.807) is 61.5 Å². The second-order valence-electron chi connectivity index (χ2n) is 11.6. The van der Waals surface area contributed by atoms with Crippen LogP contribution in [0.25, 0.3) is 0 Å². The van der Waals surface area contributed by atoms with E-state index in [9.17, 15) is 18.0 Å². The number of aryl methyl sites for hydroxylation is 1. The lowest BCUT2D eigenvalue weighted by molar-refractivity contribution is -0.140. The van der Waals surface area contributed by atoms with E-state index < -0.39 is 28.5 Å². The average molecular weight is 679 g/mol. The zero-order valence-corrected chi connectivity index (χ0v) is 27.9. The van der Waals surface area contributed by atoms with Crippen LogP contribution in [0.5, 0.6) is 0 Å². The Bertz CT molecular complexity index is 1760. The molecule has 1 saturated carbocycles. The number of benzene rings is 4. The minimum Gasteiger partial charge on any atom is -0.352 e. The van der Waals surface area contributed by atoms with Gasteiger partial charge in [-0.1, -0.05) is 96.7 Å². The molecule has 5 rings (SSSR count). The summed E-state index contributed by atoms with van der Waals surface area (Å²) in [5.41, 5.74) is 2.49. The second kappa shape index (κ2) is 15.2. The maximum Gasteiger partial charge on any atom is 0.264 e. The molecule has 0 heterocycles. The molecule has 7 nitrogen and oxygen atoms in total. The first kappa shape index (κ1) is 33.5. The molecule has 0 radical (unpaired) electrons. The summed E-state index contributed by atoms with van der Waals surface area (Å²) in [6.07, 6.45) is 4.07. The number of halogens is 2. The van der Waals surface area contributed by atoms with Gasteiger partial charge in [0, 0.05) is 29.1 Å². The number of amides is 2. The number of carbonyl (C=O) groups excluding carboxylic acids is 2. The van der Waals surface area contributed by atoms with Gasteiger partial charge in [-0.25, -0.2) is 8.42 Å². The number of rotatable bonds is 12. The summed E-state index contributed by atoms with van der Waals surface area (Å²) in [6.45, 7) is 1.26. The Balaban J connectivity index is 1.58. The van der Waals surface area contributed by atoms with Crippen LogP contribution in [-0.2, 0) is 32.6 Å². The van der Waals surface area contributed by atoms with E-state index in [0.717, 1.165) is 35.6 Å². The SMILES string of the molecule is Cc1cc(Cl)ccc1N(CC(=O)N(Cc1cccc(Cl)c1)[C@H](Cc1ccccc1)C(=O)NC1CCCC1)S(=O)(=O)c1ccccc1. The molecular weight excluding hydrogens is 641 g/mol. The third-order valence-corrected chi connectivity index (χ3v) is 10.5. The van der Waals surface area contributed by atoms with Crippen molar-refractivity contribution in [3.8, 4) is 0 Å². The maximum absolute atomic E-state index is 14.6. The normalized spacial score (nSPS) is 14.1. The van der Waals surface area contributed by atoms with Crippen LogP contribution in [0.2, 0.25) is 10.0 Å². The molecule has 10 heteroatoms. The number of nitrogens with zero attached hydrogens (tertiary/aromatic N) is 2. The summed E-state index contributed by atoms with van der Waals surface area (Å²) in [6, 6.07) is 28.6. The molecule has 0 aromatic heterocycles. The Labute approximate surface area is 281 Å². The molecule has 240 valence electrons. The van der Waals surface area contributed by atoms with Crippen molar-refractivity contribution in [1.29, 1.82) is 0 Å². The van der Waals surface area contributed by atoms with Crippen LogP contribution in [0.4, 0.5) is 5.69 Å². The second-order valence-corrected chi connectivity index (χ2v) is 14.3. The summed E-state index contributed by atoms with van der Waals surface area (Å²) < 4.78 is 29.5. The van der Waals surface area contributed by atoms with Crippen molar-refractivity contribution in [2.75, 3.05) is 10.8 Å². The summed E-state index contributed by atoms with van der Waals surface area (Å²) in [7, 11) is -4.20. The number of anilines is 1. The largest absolute Gasteiger partial charge is 0.352 e. The molecule has 0 aliphatic heterocycles. The Hall–Kier alpha value is -3.85. The van der Waals surface area contributed by atoms with Gasteiger partial charge in [-0.15, -0.1) is 0 Å². The smallest absolute Gasteiger partial charge is 0.264 e. The first-order valence-corrected chi connectivity index (χ1v) is 17.5. The lowest BCUT2D eigenvalue weighted by Crippen LogP contribution is -2.54. The monoisotopic (exact) mass is 677 g/mol. The predicted octanol–water partition coefficient (Wildman–Crippen LogP) is 7.20. The van der Waals surface area contributed by atoms with Crippen molar-refractivity contribution in [1.82, 2.24) is 10.2 Å². The van der Waals surface area contributed by atoms with E-state index in [2.05, 4.69) is 5.32 Å². The molecule has 1 aliphatic rings.